The molecule has 0 fully saturated rings. The van der Waals surface area contributed by atoms with E-state index in [1.807, 2.05) is 12.3 Å². The first-order chi connectivity index (χ1) is 10.1. The maximum Gasteiger partial charge on any atom is 0.228 e. The van der Waals surface area contributed by atoms with Crippen molar-refractivity contribution in [2.75, 3.05) is 6.54 Å². The highest BCUT2D eigenvalue weighted by molar-refractivity contribution is 7.09. The van der Waals surface area contributed by atoms with Crippen LogP contribution in [0.1, 0.15) is 49.6 Å². The molecule has 0 saturated heterocycles. The van der Waals surface area contributed by atoms with Gasteiger partial charge in [-0.25, -0.2) is 4.98 Å². The van der Waals surface area contributed by atoms with Crippen LogP contribution in [-0.4, -0.2) is 27.7 Å². The average Bonchev–Trinajstić information content (AvgIpc) is 2.99. The van der Waals surface area contributed by atoms with Crippen molar-refractivity contribution in [1.29, 1.82) is 0 Å². The lowest BCUT2D eigenvalue weighted by Crippen LogP contribution is -2.32. The molecule has 5 nitrogen and oxygen atoms in total. The third-order valence-corrected chi connectivity index (χ3v) is 4.01. The zero-order valence-corrected chi connectivity index (χ0v) is 14.0. The Morgan fingerprint density at radius 1 is 1.33 bits per heavy atom. The van der Waals surface area contributed by atoms with E-state index in [9.17, 15) is 0 Å². The molecule has 0 aliphatic heterocycles. The molecule has 6 heteroatoms. The lowest BCUT2D eigenvalue weighted by Gasteiger charge is -2.17. The molecule has 0 aliphatic carbocycles. The second-order valence-corrected chi connectivity index (χ2v) is 6.79. The minimum absolute atomic E-state index is 0.393. The largest absolute Gasteiger partial charge is 0.339 e. The molecule has 2 rings (SSSR count). The number of aromatic nitrogens is 3. The third-order valence-electron chi connectivity index (χ3n) is 3.19. The van der Waals surface area contributed by atoms with Gasteiger partial charge in [0.05, 0.1) is 17.1 Å². The minimum atomic E-state index is 0.393. The van der Waals surface area contributed by atoms with Crippen LogP contribution in [-0.2, 0) is 12.8 Å². The number of aryl methyl sites for hydroxylation is 1. The van der Waals surface area contributed by atoms with Gasteiger partial charge in [-0.15, -0.1) is 11.3 Å². The van der Waals surface area contributed by atoms with Crippen molar-refractivity contribution in [2.45, 2.75) is 53.0 Å². The summed E-state index contributed by atoms with van der Waals surface area (Å²) in [6.45, 7) is 9.54. The molecule has 0 spiro atoms. The standard InChI is InChI=1S/C15H24N4OS/c1-5-16-12(6-10(2)3)8-15-18-14(19-20-15)7-13-9-21-11(4)17-13/h9-10,12,16H,5-8H2,1-4H3. The van der Waals surface area contributed by atoms with E-state index in [4.69, 9.17) is 4.52 Å². The Bertz CT molecular complexity index is 549. The highest BCUT2D eigenvalue weighted by atomic mass is 32.1. The minimum Gasteiger partial charge on any atom is -0.339 e. The summed E-state index contributed by atoms with van der Waals surface area (Å²) in [5.74, 6) is 2.08. The lowest BCUT2D eigenvalue weighted by molar-refractivity contribution is 0.338. The number of hydrogen-bond acceptors (Lipinski definition) is 6. The van der Waals surface area contributed by atoms with Gasteiger partial charge in [-0.2, -0.15) is 4.98 Å². The Morgan fingerprint density at radius 3 is 2.76 bits per heavy atom. The third kappa shape index (κ3) is 5.21. The summed E-state index contributed by atoms with van der Waals surface area (Å²) in [6.07, 6.45) is 2.54. The average molecular weight is 308 g/mol. The van der Waals surface area contributed by atoms with Crippen LogP contribution in [0.15, 0.2) is 9.90 Å². The van der Waals surface area contributed by atoms with E-state index in [0.29, 0.717) is 24.3 Å². The van der Waals surface area contributed by atoms with Crippen molar-refractivity contribution >= 4 is 11.3 Å². The molecule has 2 aromatic heterocycles. The molecular formula is C15H24N4OS. The first-order valence-electron chi connectivity index (χ1n) is 7.52. The summed E-state index contributed by atoms with van der Waals surface area (Å²) in [5.41, 5.74) is 1.01. The van der Waals surface area contributed by atoms with Gasteiger partial charge < -0.3 is 9.84 Å². The van der Waals surface area contributed by atoms with Gasteiger partial charge in [0.1, 0.15) is 0 Å². The Morgan fingerprint density at radius 2 is 2.14 bits per heavy atom. The summed E-state index contributed by atoms with van der Waals surface area (Å²) < 4.78 is 5.38. The van der Waals surface area contributed by atoms with Crippen molar-refractivity contribution in [3.05, 3.63) is 27.8 Å². The number of hydrogen-bond donors (Lipinski definition) is 1. The number of rotatable bonds is 8. The Hall–Kier alpha value is -1.27. The van der Waals surface area contributed by atoms with Crippen LogP contribution in [0.5, 0.6) is 0 Å². The van der Waals surface area contributed by atoms with E-state index in [1.165, 1.54) is 0 Å². The maximum absolute atomic E-state index is 5.38. The number of nitrogens with one attached hydrogen (secondary N) is 1. The molecule has 0 aromatic carbocycles. The van der Waals surface area contributed by atoms with Crippen molar-refractivity contribution in [1.82, 2.24) is 20.4 Å². The molecule has 1 unspecified atom stereocenters. The SMILES string of the molecule is CCNC(Cc1nc(Cc2csc(C)n2)no1)CC(C)C. The smallest absolute Gasteiger partial charge is 0.228 e. The van der Waals surface area contributed by atoms with Gasteiger partial charge in [-0.1, -0.05) is 25.9 Å². The maximum atomic E-state index is 5.38. The normalized spacial score (nSPS) is 13.0. The fourth-order valence-corrected chi connectivity index (χ4v) is 3.02. The molecule has 0 saturated carbocycles. The number of thiazole rings is 1. The van der Waals surface area contributed by atoms with Crippen LogP contribution in [0.4, 0.5) is 0 Å². The second-order valence-electron chi connectivity index (χ2n) is 5.73. The van der Waals surface area contributed by atoms with Crippen LogP contribution in [0.3, 0.4) is 0 Å². The molecule has 21 heavy (non-hydrogen) atoms. The first kappa shape index (κ1) is 16.1. The van der Waals surface area contributed by atoms with E-state index in [1.54, 1.807) is 11.3 Å². The zero-order valence-electron chi connectivity index (χ0n) is 13.2. The van der Waals surface area contributed by atoms with Gasteiger partial charge >= 0.3 is 0 Å². The fourth-order valence-electron chi connectivity index (χ4n) is 2.40. The van der Waals surface area contributed by atoms with Gasteiger partial charge in [0.25, 0.3) is 0 Å². The highest BCUT2D eigenvalue weighted by Gasteiger charge is 2.15. The van der Waals surface area contributed by atoms with E-state index in [0.717, 1.165) is 35.9 Å². The quantitative estimate of drug-likeness (QED) is 0.812. The Balaban J connectivity index is 1.94. The van der Waals surface area contributed by atoms with Gasteiger partial charge in [0, 0.05) is 17.8 Å². The highest BCUT2D eigenvalue weighted by Crippen LogP contribution is 2.13. The van der Waals surface area contributed by atoms with E-state index < -0.39 is 0 Å². The Labute approximate surface area is 130 Å². The van der Waals surface area contributed by atoms with Gasteiger partial charge in [-0.3, -0.25) is 0 Å². The van der Waals surface area contributed by atoms with Crippen LogP contribution >= 0.6 is 11.3 Å². The molecule has 1 N–H and O–H groups in total. The molecular weight excluding hydrogens is 284 g/mol. The summed E-state index contributed by atoms with van der Waals surface area (Å²) in [6, 6.07) is 0.393. The second kappa shape index (κ2) is 7.66. The van der Waals surface area contributed by atoms with Crippen LogP contribution in [0.25, 0.3) is 0 Å². The van der Waals surface area contributed by atoms with E-state index >= 15 is 0 Å². The molecule has 1 atom stereocenters. The van der Waals surface area contributed by atoms with Crippen molar-refractivity contribution in [2.24, 2.45) is 5.92 Å². The summed E-state index contributed by atoms with van der Waals surface area (Å²) in [5, 5.41) is 10.7. The van der Waals surface area contributed by atoms with Crippen molar-refractivity contribution < 1.29 is 4.52 Å². The van der Waals surface area contributed by atoms with Gasteiger partial charge in [0.15, 0.2) is 5.82 Å². The van der Waals surface area contributed by atoms with Gasteiger partial charge in [-0.05, 0) is 25.8 Å². The van der Waals surface area contributed by atoms with Crippen LogP contribution in [0, 0.1) is 12.8 Å². The number of nitrogens with zero attached hydrogens (tertiary/aromatic N) is 3. The molecule has 2 aromatic rings. The predicted octanol–water partition coefficient (Wildman–Crippen LogP) is 2.99. The van der Waals surface area contributed by atoms with Crippen molar-refractivity contribution in [3.8, 4) is 0 Å². The lowest BCUT2D eigenvalue weighted by atomic mass is 10.0. The predicted molar refractivity (Wildman–Crippen MR) is 84.6 cm³/mol. The van der Waals surface area contributed by atoms with Crippen molar-refractivity contribution in [3.63, 3.8) is 0 Å². The summed E-state index contributed by atoms with van der Waals surface area (Å²) in [4.78, 5) is 8.92. The van der Waals surface area contributed by atoms with E-state index in [2.05, 4.69) is 41.2 Å². The number of likely N-dealkylation sites (N-methyl/N-ethyl adjacent to an activating group) is 1. The van der Waals surface area contributed by atoms with Crippen LogP contribution < -0.4 is 5.32 Å². The molecule has 116 valence electrons. The molecule has 0 bridgehead atoms. The monoisotopic (exact) mass is 308 g/mol. The fraction of sp³-hybridized carbons (Fsp3) is 0.667. The summed E-state index contributed by atoms with van der Waals surface area (Å²) >= 11 is 1.65. The van der Waals surface area contributed by atoms with E-state index in [-0.39, 0.29) is 0 Å². The molecule has 0 aliphatic rings. The molecule has 2 heterocycles. The summed E-state index contributed by atoms with van der Waals surface area (Å²) in [7, 11) is 0. The zero-order chi connectivity index (χ0) is 15.2. The first-order valence-corrected chi connectivity index (χ1v) is 8.40. The van der Waals surface area contributed by atoms with Gasteiger partial charge in [0.2, 0.25) is 5.89 Å². The van der Waals surface area contributed by atoms with Crippen LogP contribution in [0.2, 0.25) is 0 Å². The molecule has 0 amide bonds. The Kier molecular flexibility index (Phi) is 5.87. The molecule has 0 radical (unpaired) electrons. The topological polar surface area (TPSA) is 63.8 Å².